The molecule has 0 aliphatic carbocycles. The molecule has 5 heteroatoms. The van der Waals surface area contributed by atoms with Gasteiger partial charge in [0.25, 0.3) is 5.56 Å². The van der Waals surface area contributed by atoms with E-state index in [1.165, 1.54) is 6.07 Å². The molecule has 1 amide bonds. The summed E-state index contributed by atoms with van der Waals surface area (Å²) in [5, 5.41) is 5.30. The lowest BCUT2D eigenvalue weighted by Crippen LogP contribution is -2.29. The summed E-state index contributed by atoms with van der Waals surface area (Å²) < 4.78 is 0.940. The van der Waals surface area contributed by atoms with E-state index in [4.69, 9.17) is 0 Å². The highest BCUT2D eigenvalue weighted by molar-refractivity contribution is 5.90. The van der Waals surface area contributed by atoms with E-state index in [9.17, 15) is 9.59 Å². The Morgan fingerprint density at radius 2 is 1.88 bits per heavy atom. The molecule has 5 nitrogen and oxygen atoms in total. The second-order valence-corrected chi connectivity index (χ2v) is 3.91. The molecule has 0 fully saturated rings. The molecule has 0 radical (unpaired) electrons. The number of aromatic amines is 1. The maximum atomic E-state index is 11.8. The van der Waals surface area contributed by atoms with Gasteiger partial charge in [-0.3, -0.25) is 9.89 Å². The number of amides is 1. The van der Waals surface area contributed by atoms with Gasteiger partial charge in [-0.1, -0.05) is 17.7 Å². The molecule has 1 aromatic carbocycles. The van der Waals surface area contributed by atoms with E-state index in [1.807, 2.05) is 19.1 Å². The summed E-state index contributed by atoms with van der Waals surface area (Å²) in [7, 11) is 0. The molecule has 0 aliphatic heterocycles. The quantitative estimate of drug-likeness (QED) is 0.786. The van der Waals surface area contributed by atoms with Crippen molar-refractivity contribution in [1.82, 2.24) is 9.78 Å². The number of nitrogens with one attached hydrogen (secondary N) is 2. The minimum Gasteiger partial charge on any atom is -0.306 e. The number of carbonyl (C=O) groups is 1. The molecular formula is C12H13N3O2. The maximum Gasteiger partial charge on any atom is 0.348 e. The van der Waals surface area contributed by atoms with E-state index in [-0.39, 0.29) is 5.56 Å². The first-order chi connectivity index (χ1) is 8.06. The van der Waals surface area contributed by atoms with Gasteiger partial charge in [0.15, 0.2) is 0 Å². The van der Waals surface area contributed by atoms with Crippen molar-refractivity contribution in [2.45, 2.75) is 13.8 Å². The zero-order chi connectivity index (χ0) is 12.4. The van der Waals surface area contributed by atoms with Crippen LogP contribution < -0.4 is 10.9 Å². The Bertz CT molecular complexity index is 593. The molecule has 0 spiro atoms. The maximum absolute atomic E-state index is 11.8. The zero-order valence-corrected chi connectivity index (χ0v) is 9.65. The Balaban J connectivity index is 2.20. The van der Waals surface area contributed by atoms with Gasteiger partial charge in [0, 0.05) is 17.4 Å². The van der Waals surface area contributed by atoms with Gasteiger partial charge in [-0.2, -0.15) is 4.68 Å². The molecule has 1 aromatic heterocycles. The van der Waals surface area contributed by atoms with Crippen LogP contribution >= 0.6 is 0 Å². The van der Waals surface area contributed by atoms with Crippen molar-refractivity contribution in [1.29, 1.82) is 0 Å². The second kappa shape index (κ2) is 4.29. The largest absolute Gasteiger partial charge is 0.348 e. The van der Waals surface area contributed by atoms with Crippen molar-refractivity contribution in [3.63, 3.8) is 0 Å². The van der Waals surface area contributed by atoms with E-state index in [0.29, 0.717) is 11.4 Å². The molecule has 0 saturated heterocycles. The van der Waals surface area contributed by atoms with Gasteiger partial charge in [-0.05, 0) is 26.0 Å². The first-order valence-electron chi connectivity index (χ1n) is 5.23. The van der Waals surface area contributed by atoms with Crippen LogP contribution in [0.2, 0.25) is 0 Å². The zero-order valence-electron chi connectivity index (χ0n) is 9.65. The second-order valence-electron chi connectivity index (χ2n) is 3.91. The summed E-state index contributed by atoms with van der Waals surface area (Å²) >= 11 is 0. The predicted molar refractivity (Wildman–Crippen MR) is 65.4 cm³/mol. The van der Waals surface area contributed by atoms with Crippen LogP contribution in [0.1, 0.15) is 11.3 Å². The van der Waals surface area contributed by atoms with Gasteiger partial charge < -0.3 is 5.32 Å². The summed E-state index contributed by atoms with van der Waals surface area (Å²) in [6.45, 7) is 3.68. The van der Waals surface area contributed by atoms with Crippen molar-refractivity contribution in [2.24, 2.45) is 0 Å². The van der Waals surface area contributed by atoms with Gasteiger partial charge in [0.05, 0.1) is 0 Å². The average Bonchev–Trinajstić information content (AvgIpc) is 2.61. The number of H-pyrrole nitrogens is 1. The molecule has 17 heavy (non-hydrogen) atoms. The number of rotatable bonds is 1. The summed E-state index contributed by atoms with van der Waals surface area (Å²) in [4.78, 5) is 23.2. The van der Waals surface area contributed by atoms with Crippen LogP contribution in [-0.2, 0) is 0 Å². The Kier molecular flexibility index (Phi) is 2.82. The van der Waals surface area contributed by atoms with E-state index >= 15 is 0 Å². The lowest BCUT2D eigenvalue weighted by molar-refractivity contribution is 0.250. The van der Waals surface area contributed by atoms with Crippen LogP contribution in [0.5, 0.6) is 0 Å². The van der Waals surface area contributed by atoms with Crippen LogP contribution in [0.25, 0.3) is 0 Å². The molecule has 0 saturated carbocycles. The van der Waals surface area contributed by atoms with Gasteiger partial charge >= 0.3 is 6.03 Å². The smallest absolute Gasteiger partial charge is 0.306 e. The summed E-state index contributed by atoms with van der Waals surface area (Å²) in [6.07, 6.45) is 0. The normalized spacial score (nSPS) is 10.2. The monoisotopic (exact) mass is 231 g/mol. The molecule has 0 atom stereocenters. The number of nitrogens with zero attached hydrogens (tertiary/aromatic N) is 1. The summed E-state index contributed by atoms with van der Waals surface area (Å²) in [5.41, 5.74) is 2.04. The first-order valence-corrected chi connectivity index (χ1v) is 5.23. The lowest BCUT2D eigenvalue weighted by Gasteiger charge is -2.04. The molecule has 0 bridgehead atoms. The van der Waals surface area contributed by atoms with Crippen molar-refractivity contribution in [3.05, 3.63) is 51.9 Å². The molecule has 2 aromatic rings. The summed E-state index contributed by atoms with van der Waals surface area (Å²) in [6, 6.07) is 8.22. The van der Waals surface area contributed by atoms with E-state index in [0.717, 1.165) is 10.2 Å². The standard InChI is InChI=1S/C12H13N3O2/c1-8-3-5-10(6-4-8)13-12(17)15-11(16)7-9(2)14-15/h3-7,14H,1-2H3,(H,13,17). The molecule has 2 rings (SSSR count). The van der Waals surface area contributed by atoms with Gasteiger partial charge in [-0.15, -0.1) is 0 Å². The van der Waals surface area contributed by atoms with Crippen LogP contribution in [0.15, 0.2) is 35.1 Å². The fraction of sp³-hybridized carbons (Fsp3) is 0.167. The highest BCUT2D eigenvalue weighted by Crippen LogP contribution is 2.08. The Morgan fingerprint density at radius 1 is 1.24 bits per heavy atom. The van der Waals surface area contributed by atoms with E-state index < -0.39 is 6.03 Å². The number of hydrogen-bond acceptors (Lipinski definition) is 2. The van der Waals surface area contributed by atoms with Crippen LogP contribution in [-0.4, -0.2) is 15.8 Å². The number of benzene rings is 1. The Labute approximate surface area is 98.1 Å². The average molecular weight is 231 g/mol. The van der Waals surface area contributed by atoms with Crippen LogP contribution in [0, 0.1) is 13.8 Å². The van der Waals surface area contributed by atoms with E-state index in [1.54, 1.807) is 19.1 Å². The topological polar surface area (TPSA) is 66.9 Å². The number of anilines is 1. The number of hydrogen-bond donors (Lipinski definition) is 2. The first kappa shape index (κ1) is 11.2. The minimum atomic E-state index is -0.494. The minimum absolute atomic E-state index is 0.368. The molecule has 0 aliphatic rings. The van der Waals surface area contributed by atoms with Crippen molar-refractivity contribution >= 4 is 11.7 Å². The predicted octanol–water partition coefficient (Wildman–Crippen LogP) is 1.87. The molecule has 88 valence electrons. The van der Waals surface area contributed by atoms with Crippen LogP contribution in [0.3, 0.4) is 0 Å². The third kappa shape index (κ3) is 2.44. The highest BCUT2D eigenvalue weighted by atomic mass is 16.2. The number of aromatic nitrogens is 2. The number of carbonyl (C=O) groups excluding carboxylic acids is 1. The third-order valence-electron chi connectivity index (χ3n) is 2.35. The third-order valence-corrected chi connectivity index (χ3v) is 2.35. The molecule has 0 unspecified atom stereocenters. The molecule has 1 heterocycles. The van der Waals surface area contributed by atoms with E-state index in [2.05, 4.69) is 10.4 Å². The summed E-state index contributed by atoms with van der Waals surface area (Å²) in [5.74, 6) is 0. The van der Waals surface area contributed by atoms with Crippen molar-refractivity contribution < 1.29 is 4.79 Å². The lowest BCUT2D eigenvalue weighted by atomic mass is 10.2. The van der Waals surface area contributed by atoms with Gasteiger partial charge in [0.2, 0.25) is 0 Å². The van der Waals surface area contributed by atoms with Crippen LogP contribution in [0.4, 0.5) is 10.5 Å². The fourth-order valence-electron chi connectivity index (χ4n) is 1.48. The highest BCUT2D eigenvalue weighted by Gasteiger charge is 2.08. The Morgan fingerprint density at radius 3 is 2.41 bits per heavy atom. The molecular weight excluding hydrogens is 218 g/mol. The fourth-order valence-corrected chi connectivity index (χ4v) is 1.48. The van der Waals surface area contributed by atoms with Crippen molar-refractivity contribution in [2.75, 3.05) is 5.32 Å². The SMILES string of the molecule is Cc1ccc(NC(=O)n2[nH]c(C)cc2=O)cc1. The molecule has 2 N–H and O–H groups in total. The van der Waals surface area contributed by atoms with Crippen molar-refractivity contribution in [3.8, 4) is 0 Å². The van der Waals surface area contributed by atoms with Gasteiger partial charge in [0.1, 0.15) is 0 Å². The number of aryl methyl sites for hydroxylation is 2. The van der Waals surface area contributed by atoms with Gasteiger partial charge in [-0.25, -0.2) is 4.79 Å². The Hall–Kier alpha value is -2.30.